The Labute approximate surface area is 145 Å². The normalized spacial score (nSPS) is 19.5. The molecule has 1 aromatic heterocycles. The van der Waals surface area contributed by atoms with E-state index < -0.39 is 0 Å². The number of rotatable bonds is 1. The number of hydrogen-bond acceptors (Lipinski definition) is 4. The summed E-state index contributed by atoms with van der Waals surface area (Å²) in [4.78, 5) is 20.3. The number of anilines is 1. The topological polar surface area (TPSA) is 33.2 Å². The molecule has 0 saturated carbocycles. The molecule has 3 nitrogen and oxygen atoms in total. The third-order valence-corrected chi connectivity index (χ3v) is 5.44. The Morgan fingerprint density at radius 2 is 1.96 bits per heavy atom. The van der Waals surface area contributed by atoms with Gasteiger partial charge in [0.2, 0.25) is 5.78 Å². The first-order valence-corrected chi connectivity index (χ1v) is 8.58. The van der Waals surface area contributed by atoms with Crippen molar-refractivity contribution in [2.24, 2.45) is 0 Å². The Hall–Kier alpha value is -2.59. The average Bonchev–Trinajstić information content (AvgIpc) is 2.93. The summed E-state index contributed by atoms with van der Waals surface area (Å²) < 4.78 is 0. The lowest BCUT2D eigenvalue weighted by Gasteiger charge is -2.15. The van der Waals surface area contributed by atoms with Crippen LogP contribution in [-0.4, -0.2) is 17.8 Å². The Morgan fingerprint density at radius 3 is 2.79 bits per heavy atom. The van der Waals surface area contributed by atoms with Crippen LogP contribution in [0.1, 0.15) is 23.0 Å². The number of thioether (sulfide) groups is 1. The third kappa shape index (κ3) is 2.39. The first kappa shape index (κ1) is 15.0. The van der Waals surface area contributed by atoms with E-state index in [1.807, 2.05) is 56.5 Å². The lowest BCUT2D eigenvalue weighted by Crippen LogP contribution is -2.12. The number of ketones is 1. The summed E-state index contributed by atoms with van der Waals surface area (Å²) in [6.07, 6.45) is 7.52. The molecule has 0 radical (unpaired) electrons. The smallest absolute Gasteiger partial charge is 0.211 e. The zero-order chi connectivity index (χ0) is 16.7. The van der Waals surface area contributed by atoms with Crippen LogP contribution in [0.4, 0.5) is 5.69 Å². The van der Waals surface area contributed by atoms with Crippen LogP contribution in [0, 0.1) is 0 Å². The Kier molecular flexibility index (Phi) is 3.62. The van der Waals surface area contributed by atoms with Gasteiger partial charge in [0.05, 0.1) is 10.7 Å². The minimum Gasteiger partial charge on any atom is -0.338 e. The molecule has 24 heavy (non-hydrogen) atoms. The molecule has 2 aromatic rings. The summed E-state index contributed by atoms with van der Waals surface area (Å²) >= 11 is 1.72. The summed E-state index contributed by atoms with van der Waals surface area (Å²) in [6, 6.07) is 12.1. The standard InChI is InChI=1S/C20H16N2OS/c1-13-12-14(20(23)19-15(13)6-5-11-21-19)9-10-18-22(2)16-7-3-4-8-17(16)24-18/h3-12H,1-2H3/b14-9+,18-10+. The zero-order valence-corrected chi connectivity index (χ0v) is 14.3. The van der Waals surface area contributed by atoms with Gasteiger partial charge in [0.1, 0.15) is 5.69 Å². The number of nitrogens with zero attached hydrogens (tertiary/aromatic N) is 2. The van der Waals surface area contributed by atoms with E-state index in [-0.39, 0.29) is 5.78 Å². The van der Waals surface area contributed by atoms with Gasteiger partial charge in [-0.1, -0.05) is 30.0 Å². The van der Waals surface area contributed by atoms with Crippen LogP contribution in [0.15, 0.2) is 76.3 Å². The van der Waals surface area contributed by atoms with Crippen LogP contribution in [-0.2, 0) is 0 Å². The van der Waals surface area contributed by atoms with E-state index in [1.54, 1.807) is 18.0 Å². The molecular weight excluding hydrogens is 316 g/mol. The highest BCUT2D eigenvalue weighted by Gasteiger charge is 2.23. The second kappa shape index (κ2) is 5.80. The molecule has 1 aliphatic heterocycles. The van der Waals surface area contributed by atoms with Crippen LogP contribution in [0.3, 0.4) is 0 Å². The van der Waals surface area contributed by atoms with E-state index in [9.17, 15) is 4.79 Å². The van der Waals surface area contributed by atoms with Gasteiger partial charge in [0.15, 0.2) is 0 Å². The molecule has 1 aliphatic carbocycles. The fourth-order valence-corrected chi connectivity index (χ4v) is 4.02. The van der Waals surface area contributed by atoms with Gasteiger partial charge in [-0.05, 0) is 48.9 Å². The minimum absolute atomic E-state index is 0.0174. The summed E-state index contributed by atoms with van der Waals surface area (Å²) in [6.45, 7) is 2.01. The largest absolute Gasteiger partial charge is 0.338 e. The number of para-hydroxylation sites is 1. The van der Waals surface area contributed by atoms with Gasteiger partial charge in [-0.3, -0.25) is 9.78 Å². The lowest BCUT2D eigenvalue weighted by atomic mass is 9.91. The molecule has 4 rings (SSSR count). The van der Waals surface area contributed by atoms with E-state index >= 15 is 0 Å². The van der Waals surface area contributed by atoms with Crippen LogP contribution >= 0.6 is 11.8 Å². The predicted molar refractivity (Wildman–Crippen MR) is 99.1 cm³/mol. The molecule has 0 amide bonds. The summed E-state index contributed by atoms with van der Waals surface area (Å²) in [5, 5.41) is 1.11. The molecule has 1 aromatic carbocycles. The molecule has 0 bridgehead atoms. The van der Waals surface area contributed by atoms with Gasteiger partial charge in [-0.2, -0.15) is 0 Å². The van der Waals surface area contributed by atoms with Gasteiger partial charge in [-0.15, -0.1) is 0 Å². The number of Topliss-reactive ketones (excluding diaryl/α,β-unsaturated/α-hetero) is 1. The predicted octanol–water partition coefficient (Wildman–Crippen LogP) is 4.69. The quantitative estimate of drug-likeness (QED) is 0.709. The lowest BCUT2D eigenvalue weighted by molar-refractivity contribution is 0.103. The summed E-state index contributed by atoms with van der Waals surface area (Å²) in [5.74, 6) is -0.0174. The minimum atomic E-state index is -0.0174. The maximum absolute atomic E-state index is 12.6. The highest BCUT2D eigenvalue weighted by atomic mass is 32.2. The number of fused-ring (bicyclic) bond motifs is 2. The second-order valence-electron chi connectivity index (χ2n) is 5.81. The van der Waals surface area contributed by atoms with Crippen molar-refractivity contribution in [2.45, 2.75) is 11.8 Å². The van der Waals surface area contributed by atoms with Crippen molar-refractivity contribution in [1.29, 1.82) is 0 Å². The van der Waals surface area contributed by atoms with E-state index in [1.165, 1.54) is 10.6 Å². The molecule has 2 heterocycles. The average molecular weight is 332 g/mol. The number of carbonyl (C=O) groups is 1. The fraction of sp³-hybridized carbons (Fsp3) is 0.100. The van der Waals surface area contributed by atoms with Crippen molar-refractivity contribution >= 4 is 28.8 Å². The van der Waals surface area contributed by atoms with Gasteiger partial charge in [0, 0.05) is 29.3 Å². The Bertz CT molecular complexity index is 940. The van der Waals surface area contributed by atoms with Crippen molar-refractivity contribution in [3.8, 4) is 0 Å². The van der Waals surface area contributed by atoms with Crippen LogP contribution in [0.5, 0.6) is 0 Å². The van der Waals surface area contributed by atoms with Gasteiger partial charge in [0.25, 0.3) is 0 Å². The van der Waals surface area contributed by atoms with E-state index in [2.05, 4.69) is 22.0 Å². The maximum Gasteiger partial charge on any atom is 0.211 e. The molecule has 2 aliphatic rings. The van der Waals surface area contributed by atoms with Crippen molar-refractivity contribution in [1.82, 2.24) is 4.98 Å². The van der Waals surface area contributed by atoms with Gasteiger partial charge >= 0.3 is 0 Å². The van der Waals surface area contributed by atoms with Crippen LogP contribution < -0.4 is 4.90 Å². The summed E-state index contributed by atoms with van der Waals surface area (Å²) in [5.41, 5.74) is 4.40. The molecule has 0 unspecified atom stereocenters. The van der Waals surface area contributed by atoms with Gasteiger partial charge in [-0.25, -0.2) is 0 Å². The number of carbonyl (C=O) groups excluding carboxylic acids is 1. The monoisotopic (exact) mass is 332 g/mol. The second-order valence-corrected chi connectivity index (χ2v) is 6.87. The molecule has 0 N–H and O–H groups in total. The van der Waals surface area contributed by atoms with Crippen molar-refractivity contribution in [3.05, 3.63) is 82.7 Å². The first-order valence-electron chi connectivity index (χ1n) is 7.76. The first-order chi connectivity index (χ1) is 11.6. The SMILES string of the molecule is CC1=C/C(=C\C=C2\Sc3ccccc3N2C)C(=O)c2ncccc21. The van der Waals surface area contributed by atoms with Crippen molar-refractivity contribution in [3.63, 3.8) is 0 Å². The fourth-order valence-electron chi connectivity index (χ4n) is 2.97. The van der Waals surface area contributed by atoms with E-state index in [0.717, 1.165) is 16.2 Å². The van der Waals surface area contributed by atoms with Crippen LogP contribution in [0.2, 0.25) is 0 Å². The molecular formula is C20H16N2OS. The van der Waals surface area contributed by atoms with Crippen molar-refractivity contribution < 1.29 is 4.79 Å². The van der Waals surface area contributed by atoms with Crippen LogP contribution in [0.25, 0.3) is 5.57 Å². The molecule has 4 heteroatoms. The van der Waals surface area contributed by atoms with E-state index in [0.29, 0.717) is 11.3 Å². The summed E-state index contributed by atoms with van der Waals surface area (Å²) in [7, 11) is 2.05. The third-order valence-electron chi connectivity index (χ3n) is 4.26. The molecule has 0 atom stereocenters. The van der Waals surface area contributed by atoms with E-state index in [4.69, 9.17) is 0 Å². The Morgan fingerprint density at radius 1 is 1.12 bits per heavy atom. The van der Waals surface area contributed by atoms with Crippen molar-refractivity contribution in [2.75, 3.05) is 11.9 Å². The highest BCUT2D eigenvalue weighted by molar-refractivity contribution is 8.03. The molecule has 118 valence electrons. The zero-order valence-electron chi connectivity index (χ0n) is 13.5. The van der Waals surface area contributed by atoms with Gasteiger partial charge < -0.3 is 4.90 Å². The molecule has 0 fully saturated rings. The Balaban J connectivity index is 1.69. The number of benzene rings is 1. The number of allylic oxidation sites excluding steroid dienone is 5. The number of aromatic nitrogens is 1. The molecule has 0 spiro atoms. The highest BCUT2D eigenvalue weighted by Crippen LogP contribution is 2.44. The maximum atomic E-state index is 12.6. The number of hydrogen-bond donors (Lipinski definition) is 0. The number of pyridine rings is 1. The molecule has 0 saturated heterocycles.